The van der Waals surface area contributed by atoms with Gasteiger partial charge in [-0.3, -0.25) is 0 Å². The van der Waals surface area contributed by atoms with Crippen LogP contribution < -0.4 is 10.2 Å². The molecule has 1 saturated heterocycles. The molecule has 0 atom stereocenters. The fourth-order valence-corrected chi connectivity index (χ4v) is 2.85. The Bertz CT molecular complexity index is 627. The van der Waals surface area contributed by atoms with E-state index in [1.165, 1.54) is 19.3 Å². The van der Waals surface area contributed by atoms with Crippen molar-refractivity contribution in [1.29, 1.82) is 0 Å². The van der Waals surface area contributed by atoms with Crippen molar-refractivity contribution in [2.45, 2.75) is 19.3 Å². The van der Waals surface area contributed by atoms with E-state index in [1.54, 1.807) is 18.3 Å². The number of hydrogen-bond acceptors (Lipinski definition) is 4. The molecule has 4 nitrogen and oxygen atoms in total. The third-order valence-corrected chi connectivity index (χ3v) is 4.02. The number of aromatic nitrogens is 2. The molecule has 1 fully saturated rings. The minimum Gasteiger partial charge on any atom is -0.341 e. The first-order chi connectivity index (χ1) is 10.2. The Morgan fingerprint density at radius 3 is 2.62 bits per heavy atom. The number of halogens is 2. The fourth-order valence-electron chi connectivity index (χ4n) is 2.39. The van der Waals surface area contributed by atoms with Gasteiger partial charge in [-0.15, -0.1) is 0 Å². The van der Waals surface area contributed by atoms with Crippen molar-refractivity contribution in [2.24, 2.45) is 0 Å². The quantitative estimate of drug-likeness (QED) is 0.902. The summed E-state index contributed by atoms with van der Waals surface area (Å²) in [7, 11) is 0. The third-order valence-electron chi connectivity index (χ3n) is 3.48. The van der Waals surface area contributed by atoms with Crippen molar-refractivity contribution < 1.29 is 0 Å². The second-order valence-electron chi connectivity index (χ2n) is 5.04. The first-order valence-electron chi connectivity index (χ1n) is 7.02. The molecule has 110 valence electrons. The summed E-state index contributed by atoms with van der Waals surface area (Å²) in [6, 6.07) is 7.17. The van der Waals surface area contributed by atoms with E-state index < -0.39 is 0 Å². The Balaban J connectivity index is 1.79. The lowest BCUT2D eigenvalue weighted by molar-refractivity contribution is 0.568. The molecule has 1 aromatic carbocycles. The van der Waals surface area contributed by atoms with Crippen molar-refractivity contribution >= 4 is 40.7 Å². The van der Waals surface area contributed by atoms with Crippen molar-refractivity contribution in [3.8, 4) is 0 Å². The summed E-state index contributed by atoms with van der Waals surface area (Å²) in [4.78, 5) is 11.1. The van der Waals surface area contributed by atoms with Gasteiger partial charge in [0.2, 0.25) is 5.95 Å². The lowest BCUT2D eigenvalue weighted by atomic mass is 10.1. The van der Waals surface area contributed by atoms with Crippen LogP contribution in [0.15, 0.2) is 30.5 Å². The average molecular weight is 323 g/mol. The van der Waals surface area contributed by atoms with E-state index in [9.17, 15) is 0 Å². The molecule has 0 saturated carbocycles. The molecule has 0 bridgehead atoms. The van der Waals surface area contributed by atoms with Gasteiger partial charge in [0.05, 0.1) is 10.7 Å². The molecular formula is C15H16Cl2N4. The monoisotopic (exact) mass is 322 g/mol. The van der Waals surface area contributed by atoms with Crippen LogP contribution in [0.1, 0.15) is 19.3 Å². The molecule has 1 aliphatic rings. The number of benzene rings is 1. The number of hydrogen-bond donors (Lipinski definition) is 1. The van der Waals surface area contributed by atoms with Crippen LogP contribution in [0.25, 0.3) is 0 Å². The second-order valence-corrected chi connectivity index (χ2v) is 5.88. The Morgan fingerprint density at radius 1 is 1.05 bits per heavy atom. The highest BCUT2D eigenvalue weighted by atomic mass is 35.5. The topological polar surface area (TPSA) is 41.1 Å². The smallest absolute Gasteiger partial charge is 0.227 e. The van der Waals surface area contributed by atoms with Gasteiger partial charge in [0.25, 0.3) is 0 Å². The molecule has 2 aromatic rings. The summed E-state index contributed by atoms with van der Waals surface area (Å²) in [6.45, 7) is 2.04. The first kappa shape index (κ1) is 14.4. The van der Waals surface area contributed by atoms with Crippen molar-refractivity contribution in [1.82, 2.24) is 9.97 Å². The van der Waals surface area contributed by atoms with Gasteiger partial charge in [-0.1, -0.05) is 23.2 Å². The number of anilines is 3. The Morgan fingerprint density at radius 2 is 1.86 bits per heavy atom. The molecular weight excluding hydrogens is 307 g/mol. The minimum atomic E-state index is 0.570. The second kappa shape index (κ2) is 6.50. The maximum atomic E-state index is 6.17. The summed E-state index contributed by atoms with van der Waals surface area (Å²) in [6.07, 6.45) is 5.45. The SMILES string of the molecule is Clc1ccc(Nc2ccnc(N3CCCCC3)n2)c(Cl)c1. The van der Waals surface area contributed by atoms with Gasteiger partial charge in [-0.25, -0.2) is 4.98 Å². The molecule has 0 radical (unpaired) electrons. The van der Waals surface area contributed by atoms with Gasteiger partial charge in [0, 0.05) is 24.3 Å². The molecule has 0 unspecified atom stereocenters. The van der Waals surface area contributed by atoms with Crippen molar-refractivity contribution in [3.63, 3.8) is 0 Å². The number of rotatable bonds is 3. The number of nitrogens with zero attached hydrogens (tertiary/aromatic N) is 3. The molecule has 0 aliphatic carbocycles. The van der Waals surface area contributed by atoms with Crippen LogP contribution in [0.4, 0.5) is 17.5 Å². The van der Waals surface area contributed by atoms with Gasteiger partial charge < -0.3 is 10.2 Å². The molecule has 21 heavy (non-hydrogen) atoms. The Kier molecular flexibility index (Phi) is 4.46. The summed E-state index contributed by atoms with van der Waals surface area (Å²) in [5.74, 6) is 1.50. The van der Waals surface area contributed by atoms with Crippen molar-refractivity contribution in [2.75, 3.05) is 23.3 Å². The van der Waals surface area contributed by atoms with Gasteiger partial charge in [-0.05, 0) is 43.5 Å². The zero-order valence-corrected chi connectivity index (χ0v) is 13.0. The van der Waals surface area contributed by atoms with Gasteiger partial charge in [0.15, 0.2) is 0 Å². The maximum Gasteiger partial charge on any atom is 0.227 e. The predicted octanol–water partition coefficient (Wildman–Crippen LogP) is 4.52. The molecule has 0 spiro atoms. The van der Waals surface area contributed by atoms with Crippen LogP contribution in [-0.4, -0.2) is 23.1 Å². The lowest BCUT2D eigenvalue weighted by Gasteiger charge is -2.26. The molecule has 3 rings (SSSR count). The molecule has 6 heteroatoms. The van der Waals surface area contributed by atoms with Crippen LogP contribution in [0, 0.1) is 0 Å². The predicted molar refractivity (Wildman–Crippen MR) is 87.8 cm³/mol. The third kappa shape index (κ3) is 3.57. The van der Waals surface area contributed by atoms with E-state index in [-0.39, 0.29) is 0 Å². The van der Waals surface area contributed by atoms with E-state index in [2.05, 4.69) is 20.2 Å². The number of piperidine rings is 1. The van der Waals surface area contributed by atoms with E-state index >= 15 is 0 Å². The zero-order valence-electron chi connectivity index (χ0n) is 11.5. The summed E-state index contributed by atoms with van der Waals surface area (Å²) >= 11 is 12.1. The van der Waals surface area contributed by atoms with Crippen LogP contribution in [0.2, 0.25) is 10.0 Å². The van der Waals surface area contributed by atoms with Crippen molar-refractivity contribution in [3.05, 3.63) is 40.5 Å². The summed E-state index contributed by atoms with van der Waals surface area (Å²) in [5, 5.41) is 4.39. The highest BCUT2D eigenvalue weighted by Crippen LogP contribution is 2.28. The summed E-state index contributed by atoms with van der Waals surface area (Å²) < 4.78 is 0. The highest BCUT2D eigenvalue weighted by Gasteiger charge is 2.13. The van der Waals surface area contributed by atoms with Gasteiger partial charge in [0.1, 0.15) is 5.82 Å². The Hall–Kier alpha value is -1.52. The molecule has 1 aliphatic heterocycles. The molecule has 1 aromatic heterocycles. The van der Waals surface area contributed by atoms with E-state index in [4.69, 9.17) is 23.2 Å². The van der Waals surface area contributed by atoms with Crippen LogP contribution >= 0.6 is 23.2 Å². The lowest BCUT2D eigenvalue weighted by Crippen LogP contribution is -2.31. The van der Waals surface area contributed by atoms with E-state index in [0.29, 0.717) is 10.0 Å². The molecule has 2 heterocycles. The fraction of sp³-hybridized carbons (Fsp3) is 0.333. The maximum absolute atomic E-state index is 6.17. The molecule has 1 N–H and O–H groups in total. The van der Waals surface area contributed by atoms with Crippen LogP contribution in [0.5, 0.6) is 0 Å². The zero-order chi connectivity index (χ0) is 14.7. The minimum absolute atomic E-state index is 0.570. The highest BCUT2D eigenvalue weighted by molar-refractivity contribution is 6.36. The summed E-state index contributed by atoms with van der Waals surface area (Å²) in [5.41, 5.74) is 0.782. The van der Waals surface area contributed by atoms with Crippen LogP contribution in [0.3, 0.4) is 0 Å². The normalized spacial score (nSPS) is 15.0. The van der Waals surface area contributed by atoms with Gasteiger partial charge >= 0.3 is 0 Å². The van der Waals surface area contributed by atoms with E-state index in [0.717, 1.165) is 30.5 Å². The Labute approximate surface area is 134 Å². The average Bonchev–Trinajstić information content (AvgIpc) is 2.51. The molecule has 0 amide bonds. The largest absolute Gasteiger partial charge is 0.341 e. The van der Waals surface area contributed by atoms with Gasteiger partial charge in [-0.2, -0.15) is 4.98 Å². The standard InChI is InChI=1S/C15H16Cl2N4/c16-11-4-5-13(12(17)10-11)19-14-6-7-18-15(20-14)21-8-2-1-3-9-21/h4-7,10H,1-3,8-9H2,(H,18,19,20). The first-order valence-corrected chi connectivity index (χ1v) is 7.78. The van der Waals surface area contributed by atoms with Crippen LogP contribution in [-0.2, 0) is 0 Å². The van der Waals surface area contributed by atoms with E-state index in [1.807, 2.05) is 12.1 Å². The number of nitrogens with one attached hydrogen (secondary N) is 1.